The maximum atomic E-state index is 13.0. The van der Waals surface area contributed by atoms with Gasteiger partial charge in [0.2, 0.25) is 5.91 Å². The highest BCUT2D eigenvalue weighted by Crippen LogP contribution is 2.15. The van der Waals surface area contributed by atoms with Crippen LogP contribution in [0.3, 0.4) is 0 Å². The van der Waals surface area contributed by atoms with Crippen molar-refractivity contribution in [2.24, 2.45) is 5.73 Å². The summed E-state index contributed by atoms with van der Waals surface area (Å²) >= 11 is 0. The molecule has 3 N–H and O–H groups in total. The maximum absolute atomic E-state index is 13.0. The van der Waals surface area contributed by atoms with Crippen LogP contribution in [0.2, 0.25) is 0 Å². The fourth-order valence-corrected chi connectivity index (χ4v) is 1.63. The van der Waals surface area contributed by atoms with E-state index in [9.17, 15) is 13.6 Å². The number of hydrogen-bond donors (Lipinski definition) is 2. The van der Waals surface area contributed by atoms with Crippen molar-refractivity contribution in [1.29, 1.82) is 0 Å². The molecule has 17 heavy (non-hydrogen) atoms. The van der Waals surface area contributed by atoms with Crippen LogP contribution in [0, 0.1) is 11.6 Å². The van der Waals surface area contributed by atoms with Crippen LogP contribution in [-0.2, 0) is 11.2 Å². The van der Waals surface area contributed by atoms with Gasteiger partial charge in [0.05, 0.1) is 6.54 Å². The predicted molar refractivity (Wildman–Crippen MR) is 61.3 cm³/mol. The molecule has 94 valence electrons. The lowest BCUT2D eigenvalue weighted by Crippen LogP contribution is -2.47. The fourth-order valence-electron chi connectivity index (χ4n) is 1.63. The number of hydrogen-bond acceptors (Lipinski definition) is 2. The summed E-state index contributed by atoms with van der Waals surface area (Å²) in [5.74, 6) is -2.04. The molecule has 0 atom stereocenters. The van der Waals surface area contributed by atoms with E-state index in [1.807, 2.05) is 0 Å². The molecule has 0 aliphatic heterocycles. The van der Waals surface area contributed by atoms with E-state index in [-0.39, 0.29) is 12.5 Å². The number of nitrogens with two attached hydrogens (primary N) is 1. The third-order valence-corrected chi connectivity index (χ3v) is 2.29. The summed E-state index contributed by atoms with van der Waals surface area (Å²) in [5.41, 5.74) is 5.26. The van der Waals surface area contributed by atoms with Crippen LogP contribution in [0.1, 0.15) is 19.4 Å². The minimum atomic E-state index is -0.886. The largest absolute Gasteiger partial charge is 0.350 e. The predicted octanol–water partition coefficient (Wildman–Crippen LogP) is 1.36. The second kappa shape index (κ2) is 5.23. The Kier molecular flexibility index (Phi) is 4.17. The minimum Gasteiger partial charge on any atom is -0.350 e. The van der Waals surface area contributed by atoms with E-state index in [0.29, 0.717) is 12.0 Å². The van der Waals surface area contributed by atoms with Crippen molar-refractivity contribution in [3.05, 3.63) is 35.4 Å². The normalized spacial score (nSPS) is 11.4. The van der Waals surface area contributed by atoms with Crippen molar-refractivity contribution in [1.82, 2.24) is 5.32 Å². The molecular weight excluding hydrogens is 226 g/mol. The molecule has 0 saturated carbocycles. The van der Waals surface area contributed by atoms with E-state index in [1.165, 1.54) is 6.07 Å². The number of nitrogens with one attached hydrogen (secondary N) is 1. The molecule has 1 aromatic rings. The van der Waals surface area contributed by atoms with Gasteiger partial charge in [-0.2, -0.15) is 0 Å². The number of carbonyl (C=O) groups is 1. The minimum absolute atomic E-state index is 0.0960. The van der Waals surface area contributed by atoms with Gasteiger partial charge in [0.15, 0.2) is 11.6 Å². The SMILES string of the molecule is CC(C)(Cc1ccc(F)c(F)c1)NC(=O)CN. The number of carbonyl (C=O) groups excluding carboxylic acids is 1. The van der Waals surface area contributed by atoms with Gasteiger partial charge in [-0.3, -0.25) is 4.79 Å². The summed E-state index contributed by atoms with van der Waals surface area (Å²) in [7, 11) is 0. The molecule has 5 heteroatoms. The van der Waals surface area contributed by atoms with Gasteiger partial charge in [0, 0.05) is 5.54 Å². The second-order valence-corrected chi connectivity index (χ2v) is 4.56. The van der Waals surface area contributed by atoms with Crippen molar-refractivity contribution in [2.45, 2.75) is 25.8 Å². The van der Waals surface area contributed by atoms with Crippen LogP contribution in [-0.4, -0.2) is 18.0 Å². The smallest absolute Gasteiger partial charge is 0.234 e. The third kappa shape index (κ3) is 4.11. The molecule has 1 aromatic carbocycles. The number of amides is 1. The number of halogens is 2. The van der Waals surface area contributed by atoms with E-state index >= 15 is 0 Å². The van der Waals surface area contributed by atoms with Crippen LogP contribution in [0.25, 0.3) is 0 Å². The van der Waals surface area contributed by atoms with Crippen molar-refractivity contribution in [2.75, 3.05) is 6.54 Å². The molecule has 0 fully saturated rings. The quantitative estimate of drug-likeness (QED) is 0.837. The van der Waals surface area contributed by atoms with Gasteiger partial charge in [-0.25, -0.2) is 8.78 Å². The molecule has 0 aromatic heterocycles. The molecule has 0 aliphatic rings. The standard InChI is InChI=1S/C12H16F2N2O/c1-12(2,16-11(17)7-15)6-8-3-4-9(13)10(14)5-8/h3-5H,6-7,15H2,1-2H3,(H,16,17). The van der Waals surface area contributed by atoms with Gasteiger partial charge >= 0.3 is 0 Å². The first-order valence-corrected chi connectivity index (χ1v) is 5.29. The summed E-state index contributed by atoms with van der Waals surface area (Å²) in [6, 6.07) is 3.70. The lowest BCUT2D eigenvalue weighted by atomic mass is 9.94. The van der Waals surface area contributed by atoms with Gasteiger partial charge in [0.25, 0.3) is 0 Å². The molecule has 0 unspecified atom stereocenters. The Hall–Kier alpha value is -1.49. The van der Waals surface area contributed by atoms with Gasteiger partial charge < -0.3 is 11.1 Å². The Bertz CT molecular complexity index is 419. The van der Waals surface area contributed by atoms with E-state index in [1.54, 1.807) is 13.8 Å². The van der Waals surface area contributed by atoms with E-state index in [4.69, 9.17) is 5.73 Å². The molecule has 0 heterocycles. The Morgan fingerprint density at radius 1 is 1.35 bits per heavy atom. The van der Waals surface area contributed by atoms with Crippen molar-refractivity contribution < 1.29 is 13.6 Å². The third-order valence-electron chi connectivity index (χ3n) is 2.29. The Balaban J connectivity index is 2.75. The first-order chi connectivity index (χ1) is 7.84. The molecular formula is C12H16F2N2O. The zero-order chi connectivity index (χ0) is 13.1. The van der Waals surface area contributed by atoms with E-state index in [0.717, 1.165) is 12.1 Å². The number of benzene rings is 1. The first-order valence-electron chi connectivity index (χ1n) is 5.29. The first kappa shape index (κ1) is 13.6. The summed E-state index contributed by atoms with van der Waals surface area (Å²) in [5, 5.41) is 2.71. The lowest BCUT2D eigenvalue weighted by molar-refractivity contribution is -0.121. The Morgan fingerprint density at radius 3 is 2.53 bits per heavy atom. The van der Waals surface area contributed by atoms with Gasteiger partial charge in [-0.15, -0.1) is 0 Å². The molecule has 0 radical (unpaired) electrons. The van der Waals surface area contributed by atoms with Crippen LogP contribution < -0.4 is 11.1 Å². The summed E-state index contributed by atoms with van der Waals surface area (Å²) in [6.45, 7) is 3.49. The zero-order valence-electron chi connectivity index (χ0n) is 9.89. The molecule has 3 nitrogen and oxygen atoms in total. The summed E-state index contributed by atoms with van der Waals surface area (Å²) in [4.78, 5) is 11.2. The van der Waals surface area contributed by atoms with Crippen molar-refractivity contribution in [3.8, 4) is 0 Å². The van der Waals surface area contributed by atoms with E-state index in [2.05, 4.69) is 5.32 Å². The fraction of sp³-hybridized carbons (Fsp3) is 0.417. The highest BCUT2D eigenvalue weighted by atomic mass is 19.2. The summed E-state index contributed by atoms with van der Waals surface area (Å²) in [6.07, 6.45) is 0.399. The Morgan fingerprint density at radius 2 is 2.00 bits per heavy atom. The van der Waals surface area contributed by atoms with Crippen LogP contribution in [0.15, 0.2) is 18.2 Å². The molecule has 1 rings (SSSR count). The van der Waals surface area contributed by atoms with E-state index < -0.39 is 17.2 Å². The van der Waals surface area contributed by atoms with Gasteiger partial charge in [-0.1, -0.05) is 6.07 Å². The van der Waals surface area contributed by atoms with Crippen molar-refractivity contribution in [3.63, 3.8) is 0 Å². The summed E-state index contributed by atoms with van der Waals surface area (Å²) < 4.78 is 25.7. The molecule has 0 bridgehead atoms. The monoisotopic (exact) mass is 242 g/mol. The average molecular weight is 242 g/mol. The van der Waals surface area contributed by atoms with Crippen molar-refractivity contribution >= 4 is 5.91 Å². The lowest BCUT2D eigenvalue weighted by Gasteiger charge is -2.26. The molecule has 0 saturated heterocycles. The van der Waals surface area contributed by atoms with Gasteiger partial charge in [0.1, 0.15) is 0 Å². The Labute approximate surface area is 99.0 Å². The second-order valence-electron chi connectivity index (χ2n) is 4.56. The van der Waals surface area contributed by atoms with Crippen LogP contribution in [0.4, 0.5) is 8.78 Å². The topological polar surface area (TPSA) is 55.1 Å². The molecule has 0 aliphatic carbocycles. The molecule has 1 amide bonds. The highest BCUT2D eigenvalue weighted by Gasteiger charge is 2.20. The highest BCUT2D eigenvalue weighted by molar-refractivity contribution is 5.78. The van der Waals surface area contributed by atoms with Crippen LogP contribution >= 0.6 is 0 Å². The molecule has 0 spiro atoms. The van der Waals surface area contributed by atoms with Gasteiger partial charge in [-0.05, 0) is 38.0 Å². The van der Waals surface area contributed by atoms with Crippen LogP contribution in [0.5, 0.6) is 0 Å². The zero-order valence-corrected chi connectivity index (χ0v) is 9.89. The maximum Gasteiger partial charge on any atom is 0.234 e. The average Bonchev–Trinajstić information content (AvgIpc) is 2.22. The number of rotatable bonds is 4.